The van der Waals surface area contributed by atoms with Crippen LogP contribution in [0.25, 0.3) is 10.8 Å². The molecule has 0 atom stereocenters. The maximum atomic E-state index is 13.7. The number of nitrogens with zero attached hydrogens (tertiary/aromatic N) is 1. The largest absolute Gasteiger partial charge is 0.494 e. The number of fused-ring (bicyclic) bond motifs is 1. The molecule has 0 bridgehead atoms. The second-order valence-electron chi connectivity index (χ2n) is 8.68. The Hall–Kier alpha value is -1.73. The van der Waals surface area contributed by atoms with Gasteiger partial charge in [0.05, 0.1) is 11.2 Å². The van der Waals surface area contributed by atoms with Crippen molar-refractivity contribution in [2.45, 2.75) is 70.1 Å². The summed E-state index contributed by atoms with van der Waals surface area (Å²) in [5.41, 5.74) is -2.02. The first-order chi connectivity index (χ1) is 12.6. The first-order valence-corrected chi connectivity index (χ1v) is 9.37. The van der Waals surface area contributed by atoms with Gasteiger partial charge >= 0.3 is 7.12 Å². The minimum Gasteiger partial charge on any atom is -0.399 e. The third kappa shape index (κ3) is 2.66. The van der Waals surface area contributed by atoms with E-state index >= 15 is 0 Å². The molecule has 4 nitrogen and oxygen atoms in total. The van der Waals surface area contributed by atoms with Crippen molar-refractivity contribution in [3.8, 4) is 0 Å². The summed E-state index contributed by atoms with van der Waals surface area (Å²) in [6.45, 7) is 7.85. The number of alkyl halides is 2. The molecule has 1 aliphatic carbocycles. The molecule has 1 saturated heterocycles. The Morgan fingerprint density at radius 3 is 2.22 bits per heavy atom. The van der Waals surface area contributed by atoms with Crippen molar-refractivity contribution in [2.24, 2.45) is 0 Å². The Bertz CT molecular complexity index is 934. The first-order valence-electron chi connectivity index (χ1n) is 9.37. The standard InChI is InChI=1S/C20H24BF2NO3/c1-18(2)19(3,4)27-21(26-18)14-7-6-13-8-11-24(16(25)15(13)12-14)20(17(22)23)9-5-10-20/h6-8,11-12,17H,5,9-10H2,1-4H3. The van der Waals surface area contributed by atoms with Crippen LogP contribution in [0.15, 0.2) is 35.3 Å². The van der Waals surface area contributed by atoms with E-state index in [1.54, 1.807) is 12.1 Å². The molecule has 0 radical (unpaired) electrons. The Labute approximate surface area is 157 Å². The van der Waals surface area contributed by atoms with E-state index in [9.17, 15) is 13.6 Å². The number of hydrogen-bond acceptors (Lipinski definition) is 3. The topological polar surface area (TPSA) is 40.5 Å². The predicted octanol–water partition coefficient (Wildman–Crippen LogP) is 3.45. The summed E-state index contributed by atoms with van der Waals surface area (Å²) in [4.78, 5) is 13.0. The summed E-state index contributed by atoms with van der Waals surface area (Å²) < 4.78 is 40.7. The van der Waals surface area contributed by atoms with Crippen molar-refractivity contribution in [3.05, 3.63) is 40.8 Å². The number of rotatable bonds is 3. The van der Waals surface area contributed by atoms with E-state index in [-0.39, 0.29) is 5.56 Å². The van der Waals surface area contributed by atoms with Gasteiger partial charge in [-0.15, -0.1) is 0 Å². The molecule has 2 aliphatic rings. The van der Waals surface area contributed by atoms with Crippen LogP contribution < -0.4 is 11.0 Å². The van der Waals surface area contributed by atoms with Crippen LogP contribution in [0.3, 0.4) is 0 Å². The van der Waals surface area contributed by atoms with Gasteiger partial charge in [0.15, 0.2) is 0 Å². The number of aromatic nitrogens is 1. The maximum absolute atomic E-state index is 13.7. The molecular formula is C20H24BF2NO3. The molecule has 0 unspecified atom stereocenters. The number of benzene rings is 1. The van der Waals surface area contributed by atoms with Gasteiger partial charge in [-0.2, -0.15) is 0 Å². The second kappa shape index (κ2) is 5.88. The van der Waals surface area contributed by atoms with E-state index in [1.165, 1.54) is 10.8 Å². The summed E-state index contributed by atoms with van der Waals surface area (Å²) in [6, 6.07) is 7.12. The molecule has 0 amide bonds. The minimum absolute atomic E-state index is 0.326. The molecule has 0 spiro atoms. The first kappa shape index (κ1) is 18.6. The molecular weight excluding hydrogens is 351 g/mol. The summed E-state index contributed by atoms with van der Waals surface area (Å²) in [5, 5.41) is 1.14. The molecule has 1 aromatic carbocycles. The van der Waals surface area contributed by atoms with E-state index in [1.807, 2.05) is 39.8 Å². The van der Waals surface area contributed by atoms with E-state index in [0.29, 0.717) is 24.6 Å². The summed E-state index contributed by atoms with van der Waals surface area (Å²) >= 11 is 0. The molecule has 7 heteroatoms. The average Bonchev–Trinajstić information content (AvgIpc) is 2.76. The van der Waals surface area contributed by atoms with Gasteiger partial charge in [-0.05, 0) is 69.9 Å². The third-order valence-corrected chi connectivity index (χ3v) is 6.56. The van der Waals surface area contributed by atoms with E-state index in [0.717, 1.165) is 10.8 Å². The van der Waals surface area contributed by atoms with Crippen molar-refractivity contribution in [3.63, 3.8) is 0 Å². The smallest absolute Gasteiger partial charge is 0.399 e. The predicted molar refractivity (Wildman–Crippen MR) is 102 cm³/mol. The normalized spacial score (nSPS) is 23.0. The fourth-order valence-electron chi connectivity index (χ4n) is 3.84. The van der Waals surface area contributed by atoms with E-state index < -0.39 is 30.3 Å². The molecule has 1 aromatic heterocycles. The van der Waals surface area contributed by atoms with Crippen LogP contribution in [0, 0.1) is 0 Å². The van der Waals surface area contributed by atoms with Crippen LogP contribution in [0.5, 0.6) is 0 Å². The highest BCUT2D eigenvalue weighted by molar-refractivity contribution is 6.62. The van der Waals surface area contributed by atoms with Gasteiger partial charge in [-0.25, -0.2) is 8.78 Å². The highest BCUT2D eigenvalue weighted by Crippen LogP contribution is 2.43. The SMILES string of the molecule is CC1(C)OB(c2ccc3ccn(C4(C(F)F)CCC4)c(=O)c3c2)OC1(C)C. The number of halogens is 2. The van der Waals surface area contributed by atoms with Crippen LogP contribution in [-0.2, 0) is 14.8 Å². The molecule has 1 aliphatic heterocycles. The number of pyridine rings is 1. The zero-order chi connectivity index (χ0) is 19.6. The zero-order valence-corrected chi connectivity index (χ0v) is 16.1. The Morgan fingerprint density at radius 1 is 1.07 bits per heavy atom. The van der Waals surface area contributed by atoms with Gasteiger partial charge in [0.1, 0.15) is 5.54 Å². The Balaban J connectivity index is 1.79. The molecule has 2 fully saturated rings. The van der Waals surface area contributed by atoms with Gasteiger partial charge in [-0.3, -0.25) is 4.79 Å². The second-order valence-corrected chi connectivity index (χ2v) is 8.68. The Morgan fingerprint density at radius 2 is 1.70 bits per heavy atom. The lowest BCUT2D eigenvalue weighted by molar-refractivity contribution is -0.0500. The monoisotopic (exact) mass is 375 g/mol. The van der Waals surface area contributed by atoms with Crippen LogP contribution in [-0.4, -0.2) is 29.3 Å². The highest BCUT2D eigenvalue weighted by atomic mass is 19.3. The lowest BCUT2D eigenvalue weighted by Gasteiger charge is -2.42. The fourth-order valence-corrected chi connectivity index (χ4v) is 3.84. The quantitative estimate of drug-likeness (QED) is 0.772. The van der Waals surface area contributed by atoms with Gasteiger partial charge < -0.3 is 13.9 Å². The van der Waals surface area contributed by atoms with E-state index in [2.05, 4.69) is 0 Å². The van der Waals surface area contributed by atoms with E-state index in [4.69, 9.17) is 9.31 Å². The van der Waals surface area contributed by atoms with Crippen molar-refractivity contribution in [1.82, 2.24) is 4.57 Å². The van der Waals surface area contributed by atoms with Crippen LogP contribution in [0.4, 0.5) is 8.78 Å². The molecule has 0 N–H and O–H groups in total. The van der Waals surface area contributed by atoms with Crippen molar-refractivity contribution >= 4 is 23.4 Å². The summed E-state index contributed by atoms with van der Waals surface area (Å²) in [6.07, 6.45) is 0.306. The van der Waals surface area contributed by atoms with Crippen LogP contribution in [0.1, 0.15) is 47.0 Å². The molecule has 1 saturated carbocycles. The summed E-state index contributed by atoms with van der Waals surface area (Å²) in [5.74, 6) is 0. The lowest BCUT2D eigenvalue weighted by atomic mass is 9.76. The summed E-state index contributed by atoms with van der Waals surface area (Å²) in [7, 11) is -0.597. The number of hydrogen-bond donors (Lipinski definition) is 0. The third-order valence-electron chi connectivity index (χ3n) is 6.56. The highest BCUT2D eigenvalue weighted by Gasteiger charge is 2.52. The lowest BCUT2D eigenvalue weighted by Crippen LogP contribution is -2.51. The van der Waals surface area contributed by atoms with Gasteiger partial charge in [0.2, 0.25) is 0 Å². The molecule has 2 heterocycles. The molecule has 27 heavy (non-hydrogen) atoms. The molecule has 4 rings (SSSR count). The molecule has 144 valence electrons. The zero-order valence-electron chi connectivity index (χ0n) is 16.1. The Kier molecular flexibility index (Phi) is 4.06. The molecule has 2 aromatic rings. The van der Waals surface area contributed by atoms with Crippen LogP contribution >= 0.6 is 0 Å². The van der Waals surface area contributed by atoms with Gasteiger partial charge in [0, 0.05) is 11.6 Å². The minimum atomic E-state index is -2.56. The average molecular weight is 375 g/mol. The van der Waals surface area contributed by atoms with Crippen LogP contribution in [0.2, 0.25) is 0 Å². The fraction of sp³-hybridized carbons (Fsp3) is 0.550. The maximum Gasteiger partial charge on any atom is 0.494 e. The van der Waals surface area contributed by atoms with Gasteiger partial charge in [0.25, 0.3) is 12.0 Å². The van der Waals surface area contributed by atoms with Crippen molar-refractivity contribution in [1.29, 1.82) is 0 Å². The van der Waals surface area contributed by atoms with Crippen molar-refractivity contribution in [2.75, 3.05) is 0 Å². The van der Waals surface area contributed by atoms with Gasteiger partial charge in [-0.1, -0.05) is 12.1 Å². The van der Waals surface area contributed by atoms with Crippen molar-refractivity contribution < 1.29 is 18.1 Å².